The van der Waals surface area contributed by atoms with Crippen molar-refractivity contribution < 1.29 is 14.3 Å². The van der Waals surface area contributed by atoms with Gasteiger partial charge in [-0.15, -0.1) is 23.1 Å². The number of hydrogen-bond donors (Lipinski definition) is 1. The van der Waals surface area contributed by atoms with Gasteiger partial charge in [-0.05, 0) is 35.7 Å². The van der Waals surface area contributed by atoms with E-state index in [1.807, 2.05) is 41.8 Å². The van der Waals surface area contributed by atoms with Crippen molar-refractivity contribution in [3.63, 3.8) is 0 Å². The predicted molar refractivity (Wildman–Crippen MR) is 92.0 cm³/mol. The Hall–Kier alpha value is -1.31. The molecular formula is C15H14BrNO3S2. The number of hydrogen-bond acceptors (Lipinski definition) is 5. The molecule has 0 aliphatic heterocycles. The number of rotatable bonds is 7. The normalized spacial score (nSPS) is 10.2. The highest BCUT2D eigenvalue weighted by molar-refractivity contribution is 9.10. The number of thiophene rings is 1. The molecule has 0 aliphatic carbocycles. The molecule has 1 aromatic carbocycles. The number of nitrogens with one attached hydrogen (secondary N) is 1. The van der Waals surface area contributed by atoms with E-state index >= 15 is 0 Å². The quantitative estimate of drug-likeness (QED) is 0.571. The number of esters is 1. The molecule has 116 valence electrons. The molecule has 4 nitrogen and oxygen atoms in total. The molecule has 0 fully saturated rings. The van der Waals surface area contributed by atoms with Gasteiger partial charge in [-0.2, -0.15) is 0 Å². The van der Waals surface area contributed by atoms with Gasteiger partial charge in [-0.1, -0.05) is 22.0 Å². The minimum absolute atomic E-state index is 0.180. The van der Waals surface area contributed by atoms with Crippen LogP contribution in [0.5, 0.6) is 0 Å². The monoisotopic (exact) mass is 399 g/mol. The summed E-state index contributed by atoms with van der Waals surface area (Å²) >= 11 is 6.29. The van der Waals surface area contributed by atoms with E-state index in [2.05, 4.69) is 21.2 Å². The number of benzene rings is 1. The van der Waals surface area contributed by atoms with Crippen molar-refractivity contribution in [3.8, 4) is 0 Å². The van der Waals surface area contributed by atoms with Crippen LogP contribution in [-0.2, 0) is 20.9 Å². The van der Waals surface area contributed by atoms with E-state index in [-0.39, 0.29) is 18.3 Å². The highest BCUT2D eigenvalue weighted by Crippen LogP contribution is 2.20. The second-order valence-electron chi connectivity index (χ2n) is 4.26. The van der Waals surface area contributed by atoms with Crippen molar-refractivity contribution >= 4 is 50.9 Å². The van der Waals surface area contributed by atoms with Crippen LogP contribution in [-0.4, -0.2) is 24.2 Å². The summed E-state index contributed by atoms with van der Waals surface area (Å²) in [6.45, 7) is 0.215. The van der Waals surface area contributed by atoms with E-state index in [9.17, 15) is 9.59 Å². The standard InChI is InChI=1S/C15H14BrNO3S2/c16-11-3-5-12(6-4-11)22-10-15(19)20-9-14(18)17-8-13-2-1-7-21-13/h1-7H,8-10H2,(H,17,18). The highest BCUT2D eigenvalue weighted by Gasteiger charge is 2.08. The summed E-state index contributed by atoms with van der Waals surface area (Å²) in [6, 6.07) is 11.5. The minimum Gasteiger partial charge on any atom is -0.455 e. The van der Waals surface area contributed by atoms with Crippen LogP contribution in [0.4, 0.5) is 0 Å². The van der Waals surface area contributed by atoms with Gasteiger partial charge >= 0.3 is 5.97 Å². The van der Waals surface area contributed by atoms with Gasteiger partial charge < -0.3 is 10.1 Å². The summed E-state index contributed by atoms with van der Waals surface area (Å²) in [6.07, 6.45) is 0. The van der Waals surface area contributed by atoms with E-state index in [1.54, 1.807) is 11.3 Å². The van der Waals surface area contributed by atoms with Crippen LogP contribution in [0.2, 0.25) is 0 Å². The third-order valence-electron chi connectivity index (χ3n) is 2.57. The van der Waals surface area contributed by atoms with Crippen molar-refractivity contribution in [2.75, 3.05) is 12.4 Å². The Balaban J connectivity index is 1.62. The summed E-state index contributed by atoms with van der Waals surface area (Å²) in [4.78, 5) is 25.2. The molecule has 2 rings (SSSR count). The molecule has 0 saturated carbocycles. The average molecular weight is 400 g/mol. The van der Waals surface area contributed by atoms with Crippen molar-refractivity contribution in [1.29, 1.82) is 0 Å². The van der Waals surface area contributed by atoms with E-state index in [0.29, 0.717) is 6.54 Å². The lowest BCUT2D eigenvalue weighted by atomic mass is 10.4. The van der Waals surface area contributed by atoms with Gasteiger partial charge in [0.25, 0.3) is 5.91 Å². The number of halogens is 1. The number of amides is 1. The first-order chi connectivity index (χ1) is 10.6. The molecule has 22 heavy (non-hydrogen) atoms. The lowest BCUT2D eigenvalue weighted by Gasteiger charge is -2.06. The predicted octanol–water partition coefficient (Wildman–Crippen LogP) is 3.46. The van der Waals surface area contributed by atoms with Gasteiger partial charge in [0.15, 0.2) is 6.61 Å². The van der Waals surface area contributed by atoms with Crippen molar-refractivity contribution in [1.82, 2.24) is 5.32 Å². The Labute approximate surface area is 145 Å². The van der Waals surface area contributed by atoms with Gasteiger partial charge in [0.05, 0.1) is 12.3 Å². The number of ether oxygens (including phenoxy) is 1. The largest absolute Gasteiger partial charge is 0.455 e. The van der Waals surface area contributed by atoms with Crippen LogP contribution < -0.4 is 5.32 Å². The molecule has 0 atom stereocenters. The van der Waals surface area contributed by atoms with Gasteiger partial charge in [0.1, 0.15) is 0 Å². The minimum atomic E-state index is -0.404. The molecule has 1 N–H and O–H groups in total. The molecule has 1 aromatic heterocycles. The first kappa shape index (κ1) is 17.1. The van der Waals surface area contributed by atoms with Crippen molar-refractivity contribution in [2.24, 2.45) is 0 Å². The molecule has 0 bridgehead atoms. The number of thioether (sulfide) groups is 1. The lowest BCUT2D eigenvalue weighted by Crippen LogP contribution is -2.28. The molecule has 1 amide bonds. The molecule has 0 saturated heterocycles. The first-order valence-electron chi connectivity index (χ1n) is 6.46. The fourth-order valence-electron chi connectivity index (χ4n) is 1.51. The van der Waals surface area contributed by atoms with Crippen LogP contribution in [0, 0.1) is 0 Å². The lowest BCUT2D eigenvalue weighted by molar-refractivity contribution is -0.145. The first-order valence-corrected chi connectivity index (χ1v) is 9.12. The summed E-state index contributed by atoms with van der Waals surface area (Å²) in [7, 11) is 0. The molecule has 1 heterocycles. The molecule has 0 spiro atoms. The van der Waals surface area contributed by atoms with Crippen LogP contribution in [0.15, 0.2) is 51.1 Å². The summed E-state index contributed by atoms with van der Waals surface area (Å²) in [5, 5.41) is 4.65. The van der Waals surface area contributed by atoms with Gasteiger partial charge in [0.2, 0.25) is 0 Å². The van der Waals surface area contributed by atoms with Crippen LogP contribution in [0.25, 0.3) is 0 Å². The van der Waals surface area contributed by atoms with Crippen LogP contribution in [0.1, 0.15) is 4.88 Å². The smallest absolute Gasteiger partial charge is 0.316 e. The Kier molecular flexibility index (Phi) is 6.95. The zero-order valence-electron chi connectivity index (χ0n) is 11.6. The third kappa shape index (κ3) is 6.21. The third-order valence-corrected chi connectivity index (χ3v) is 4.97. The van der Waals surface area contributed by atoms with E-state index in [4.69, 9.17) is 4.74 Å². The SMILES string of the molecule is O=C(COC(=O)CSc1ccc(Br)cc1)NCc1cccs1. The molecular weight excluding hydrogens is 386 g/mol. The summed E-state index contributed by atoms with van der Waals surface area (Å²) in [5.41, 5.74) is 0. The Bertz CT molecular complexity index is 614. The second kappa shape index (κ2) is 8.97. The summed E-state index contributed by atoms with van der Waals surface area (Å²) in [5.74, 6) is -0.519. The molecule has 0 aliphatic rings. The summed E-state index contributed by atoms with van der Waals surface area (Å²) < 4.78 is 5.93. The molecule has 2 aromatic rings. The van der Waals surface area contributed by atoms with E-state index < -0.39 is 5.97 Å². The maximum Gasteiger partial charge on any atom is 0.316 e. The zero-order valence-corrected chi connectivity index (χ0v) is 14.8. The number of carbonyl (C=O) groups excluding carboxylic acids is 2. The van der Waals surface area contributed by atoms with Crippen LogP contribution in [0.3, 0.4) is 0 Å². The van der Waals surface area contributed by atoms with Gasteiger partial charge in [-0.3, -0.25) is 9.59 Å². The van der Waals surface area contributed by atoms with Gasteiger partial charge in [0, 0.05) is 14.2 Å². The Morgan fingerprint density at radius 1 is 1.23 bits per heavy atom. The van der Waals surface area contributed by atoms with Crippen molar-refractivity contribution in [3.05, 3.63) is 51.1 Å². The van der Waals surface area contributed by atoms with Crippen LogP contribution >= 0.6 is 39.0 Å². The molecule has 0 unspecified atom stereocenters. The van der Waals surface area contributed by atoms with E-state index in [0.717, 1.165) is 14.2 Å². The Morgan fingerprint density at radius 3 is 2.68 bits per heavy atom. The zero-order chi connectivity index (χ0) is 15.8. The fraction of sp³-hybridized carbons (Fsp3) is 0.200. The number of carbonyl (C=O) groups is 2. The van der Waals surface area contributed by atoms with E-state index in [1.165, 1.54) is 11.8 Å². The average Bonchev–Trinajstić information content (AvgIpc) is 3.04. The maximum absolute atomic E-state index is 11.6. The molecule has 0 radical (unpaired) electrons. The van der Waals surface area contributed by atoms with Crippen molar-refractivity contribution in [2.45, 2.75) is 11.4 Å². The second-order valence-corrected chi connectivity index (χ2v) is 7.26. The maximum atomic E-state index is 11.6. The topological polar surface area (TPSA) is 55.4 Å². The Morgan fingerprint density at radius 2 is 2.00 bits per heavy atom. The highest BCUT2D eigenvalue weighted by atomic mass is 79.9. The molecule has 7 heteroatoms. The van der Waals surface area contributed by atoms with Gasteiger partial charge in [-0.25, -0.2) is 0 Å². The fourth-order valence-corrected chi connectivity index (χ4v) is 3.12.